The van der Waals surface area contributed by atoms with E-state index in [4.69, 9.17) is 5.26 Å². The Labute approximate surface area is 103 Å². The van der Waals surface area contributed by atoms with Crippen LogP contribution in [-0.2, 0) is 17.8 Å². The normalized spacial score (nSPS) is 9.78. The molecule has 18 heavy (non-hydrogen) atoms. The van der Waals surface area contributed by atoms with Gasteiger partial charge in [-0.3, -0.25) is 19.1 Å². The number of nitrogens with one attached hydrogen (secondary N) is 2. The zero-order valence-corrected chi connectivity index (χ0v) is 10.0. The molecule has 96 valence electrons. The molecule has 0 radical (unpaired) electrons. The fourth-order valence-corrected chi connectivity index (χ4v) is 1.39. The number of rotatable bonds is 5. The molecular weight excluding hydrogens is 236 g/mol. The number of aromatic amines is 1. The number of aromatic nitrogens is 2. The van der Waals surface area contributed by atoms with Crippen molar-refractivity contribution in [2.24, 2.45) is 0 Å². The Morgan fingerprint density at radius 2 is 2.28 bits per heavy atom. The van der Waals surface area contributed by atoms with Crippen molar-refractivity contribution in [2.45, 2.75) is 26.3 Å². The molecule has 1 rings (SSSR count). The third-order valence-corrected chi connectivity index (χ3v) is 2.34. The summed E-state index contributed by atoms with van der Waals surface area (Å²) in [6, 6.07) is 1.89. The van der Waals surface area contributed by atoms with Gasteiger partial charge in [-0.25, -0.2) is 4.79 Å². The molecule has 0 saturated heterocycles. The first kappa shape index (κ1) is 13.7. The van der Waals surface area contributed by atoms with E-state index in [0.29, 0.717) is 12.0 Å². The standard InChI is InChI=1S/C11H14N4O3/c1-2-8-6-15(11(18)14-10(8)17)7-9(16)13-5-3-4-12/h6H,2-3,5,7H2,1H3,(H,13,16)(H,14,17,18). The maximum Gasteiger partial charge on any atom is 0.328 e. The van der Waals surface area contributed by atoms with E-state index in [1.807, 2.05) is 6.07 Å². The molecule has 1 aromatic rings. The van der Waals surface area contributed by atoms with Crippen LogP contribution in [0.25, 0.3) is 0 Å². The van der Waals surface area contributed by atoms with Gasteiger partial charge in [0.25, 0.3) is 5.56 Å². The second-order valence-corrected chi connectivity index (χ2v) is 3.65. The van der Waals surface area contributed by atoms with Gasteiger partial charge in [0.2, 0.25) is 5.91 Å². The van der Waals surface area contributed by atoms with E-state index in [9.17, 15) is 14.4 Å². The second kappa shape index (κ2) is 6.39. The summed E-state index contributed by atoms with van der Waals surface area (Å²) in [5.41, 5.74) is -0.601. The lowest BCUT2D eigenvalue weighted by Gasteiger charge is -2.06. The molecule has 1 amide bonds. The molecule has 0 atom stereocenters. The van der Waals surface area contributed by atoms with Crippen molar-refractivity contribution in [1.82, 2.24) is 14.9 Å². The molecule has 0 aliphatic rings. The minimum atomic E-state index is -0.618. The number of H-pyrrole nitrogens is 1. The van der Waals surface area contributed by atoms with Gasteiger partial charge in [0, 0.05) is 18.3 Å². The Morgan fingerprint density at radius 3 is 2.89 bits per heavy atom. The molecule has 2 N–H and O–H groups in total. The fraction of sp³-hybridized carbons (Fsp3) is 0.455. The predicted molar refractivity (Wildman–Crippen MR) is 63.9 cm³/mol. The summed E-state index contributed by atoms with van der Waals surface area (Å²) in [6.45, 7) is 1.86. The zero-order chi connectivity index (χ0) is 13.5. The highest BCUT2D eigenvalue weighted by molar-refractivity contribution is 5.75. The van der Waals surface area contributed by atoms with Crippen molar-refractivity contribution in [3.8, 4) is 6.07 Å². The smallest absolute Gasteiger partial charge is 0.328 e. The number of amides is 1. The molecular formula is C11H14N4O3. The van der Waals surface area contributed by atoms with Crippen LogP contribution >= 0.6 is 0 Å². The Morgan fingerprint density at radius 1 is 1.56 bits per heavy atom. The highest BCUT2D eigenvalue weighted by Gasteiger charge is 2.07. The molecule has 1 heterocycles. The van der Waals surface area contributed by atoms with Gasteiger partial charge < -0.3 is 5.32 Å². The highest BCUT2D eigenvalue weighted by Crippen LogP contribution is 1.89. The summed E-state index contributed by atoms with van der Waals surface area (Å²) in [7, 11) is 0. The first-order valence-electron chi connectivity index (χ1n) is 5.54. The van der Waals surface area contributed by atoms with Crippen molar-refractivity contribution in [3.05, 3.63) is 32.6 Å². The van der Waals surface area contributed by atoms with Gasteiger partial charge in [-0.05, 0) is 6.42 Å². The maximum absolute atomic E-state index is 11.5. The molecule has 1 aromatic heterocycles. The number of nitriles is 1. The summed E-state index contributed by atoms with van der Waals surface area (Å²) in [4.78, 5) is 36.4. The van der Waals surface area contributed by atoms with Crippen molar-refractivity contribution >= 4 is 5.91 Å². The number of carbonyl (C=O) groups excluding carboxylic acids is 1. The van der Waals surface area contributed by atoms with Crippen LogP contribution in [0.4, 0.5) is 0 Å². The van der Waals surface area contributed by atoms with Crippen LogP contribution < -0.4 is 16.6 Å². The van der Waals surface area contributed by atoms with Gasteiger partial charge in [0.05, 0.1) is 12.5 Å². The van der Waals surface area contributed by atoms with Crippen LogP contribution in [-0.4, -0.2) is 22.0 Å². The van der Waals surface area contributed by atoms with Crippen molar-refractivity contribution < 1.29 is 4.79 Å². The van der Waals surface area contributed by atoms with E-state index < -0.39 is 11.2 Å². The maximum atomic E-state index is 11.5. The lowest BCUT2D eigenvalue weighted by molar-refractivity contribution is -0.121. The van der Waals surface area contributed by atoms with E-state index >= 15 is 0 Å². The topological polar surface area (TPSA) is 108 Å². The van der Waals surface area contributed by atoms with E-state index in [0.717, 1.165) is 4.57 Å². The number of aryl methyl sites for hydroxylation is 1. The van der Waals surface area contributed by atoms with Crippen molar-refractivity contribution in [3.63, 3.8) is 0 Å². The van der Waals surface area contributed by atoms with E-state index in [-0.39, 0.29) is 25.4 Å². The summed E-state index contributed by atoms with van der Waals surface area (Å²) in [6.07, 6.45) is 2.07. The Balaban J connectivity index is 2.79. The van der Waals surface area contributed by atoms with Crippen LogP contribution in [0.15, 0.2) is 15.8 Å². The quantitative estimate of drug-likeness (QED) is 0.662. The molecule has 0 saturated carbocycles. The summed E-state index contributed by atoms with van der Waals surface area (Å²) in [5, 5.41) is 10.8. The van der Waals surface area contributed by atoms with E-state index in [2.05, 4.69) is 10.3 Å². The average molecular weight is 250 g/mol. The van der Waals surface area contributed by atoms with Gasteiger partial charge in [-0.1, -0.05) is 6.92 Å². The minimum Gasteiger partial charge on any atom is -0.354 e. The Kier molecular flexibility index (Phi) is 4.87. The molecule has 0 aliphatic heterocycles. The SMILES string of the molecule is CCc1cn(CC(=O)NCCC#N)c(=O)[nH]c1=O. The monoisotopic (exact) mass is 250 g/mol. The van der Waals surface area contributed by atoms with Crippen LogP contribution in [0.5, 0.6) is 0 Å². The van der Waals surface area contributed by atoms with Crippen LogP contribution in [0.2, 0.25) is 0 Å². The van der Waals surface area contributed by atoms with E-state index in [1.165, 1.54) is 6.20 Å². The van der Waals surface area contributed by atoms with Gasteiger partial charge in [0.15, 0.2) is 0 Å². The molecule has 0 aromatic carbocycles. The lowest BCUT2D eigenvalue weighted by Crippen LogP contribution is -2.37. The third-order valence-electron chi connectivity index (χ3n) is 2.34. The molecule has 0 fully saturated rings. The van der Waals surface area contributed by atoms with Crippen molar-refractivity contribution in [2.75, 3.05) is 6.54 Å². The molecule has 0 unspecified atom stereocenters. The Hall–Kier alpha value is -2.36. The minimum absolute atomic E-state index is 0.173. The van der Waals surface area contributed by atoms with Gasteiger partial charge in [-0.15, -0.1) is 0 Å². The first-order valence-corrected chi connectivity index (χ1v) is 5.54. The number of carbonyl (C=O) groups is 1. The molecule has 0 aliphatic carbocycles. The van der Waals surface area contributed by atoms with Crippen LogP contribution in [0, 0.1) is 11.3 Å². The average Bonchev–Trinajstić information content (AvgIpc) is 2.33. The van der Waals surface area contributed by atoms with Crippen LogP contribution in [0.1, 0.15) is 18.9 Å². The second-order valence-electron chi connectivity index (χ2n) is 3.65. The van der Waals surface area contributed by atoms with Gasteiger partial charge in [0.1, 0.15) is 6.54 Å². The predicted octanol–water partition coefficient (Wildman–Crippen LogP) is -0.871. The summed E-state index contributed by atoms with van der Waals surface area (Å²) in [5.74, 6) is -0.374. The third kappa shape index (κ3) is 3.59. The highest BCUT2D eigenvalue weighted by atomic mass is 16.2. The number of hydrogen-bond acceptors (Lipinski definition) is 4. The summed E-state index contributed by atoms with van der Waals surface area (Å²) < 4.78 is 1.14. The van der Waals surface area contributed by atoms with Gasteiger partial charge in [-0.2, -0.15) is 5.26 Å². The molecule has 0 spiro atoms. The zero-order valence-electron chi connectivity index (χ0n) is 10.0. The Bertz CT molecular complexity index is 579. The van der Waals surface area contributed by atoms with E-state index in [1.54, 1.807) is 6.92 Å². The fourth-order valence-electron chi connectivity index (χ4n) is 1.39. The molecule has 7 nitrogen and oxygen atoms in total. The molecule has 0 bridgehead atoms. The summed E-state index contributed by atoms with van der Waals surface area (Å²) >= 11 is 0. The lowest BCUT2D eigenvalue weighted by atomic mass is 10.2. The number of hydrogen-bond donors (Lipinski definition) is 2. The molecule has 7 heteroatoms. The largest absolute Gasteiger partial charge is 0.354 e. The first-order chi connectivity index (χ1) is 8.58. The van der Waals surface area contributed by atoms with Crippen LogP contribution in [0.3, 0.4) is 0 Å². The van der Waals surface area contributed by atoms with Crippen molar-refractivity contribution in [1.29, 1.82) is 5.26 Å². The number of nitrogens with zero attached hydrogens (tertiary/aromatic N) is 2. The van der Waals surface area contributed by atoms with Gasteiger partial charge >= 0.3 is 5.69 Å².